The number of carbonyl (C=O) groups excluding carboxylic acids is 3. The molecule has 0 bridgehead atoms. The Morgan fingerprint density at radius 1 is 0.944 bits per heavy atom. The Kier molecular flexibility index (Phi) is 6.39. The van der Waals surface area contributed by atoms with Crippen LogP contribution in [-0.2, 0) is 4.79 Å². The molecule has 0 fully saturated rings. The average Bonchev–Trinajstić information content (AvgIpc) is 3.15. The monoisotopic (exact) mass is 499 g/mol. The van der Waals surface area contributed by atoms with Gasteiger partial charge in [0.2, 0.25) is 11.8 Å². The van der Waals surface area contributed by atoms with E-state index in [1.54, 1.807) is 72.8 Å². The summed E-state index contributed by atoms with van der Waals surface area (Å²) in [7, 11) is 0. The van der Waals surface area contributed by atoms with Crippen molar-refractivity contribution in [1.82, 2.24) is 9.88 Å². The second-order valence-corrected chi connectivity index (χ2v) is 9.20. The predicted octanol–water partition coefficient (Wildman–Crippen LogP) is 4.21. The van der Waals surface area contributed by atoms with Crippen LogP contribution in [0.5, 0.6) is 0 Å². The average molecular weight is 500 g/mol. The van der Waals surface area contributed by atoms with Gasteiger partial charge in [-0.3, -0.25) is 19.3 Å². The molecule has 0 spiro atoms. The Bertz CT molecular complexity index is 1510. The van der Waals surface area contributed by atoms with Gasteiger partial charge >= 0.3 is 5.63 Å². The van der Waals surface area contributed by atoms with Gasteiger partial charge in [-0.1, -0.05) is 24.3 Å². The first-order valence-electron chi connectivity index (χ1n) is 11.2. The minimum atomic E-state index is -0.954. The summed E-state index contributed by atoms with van der Waals surface area (Å²) in [5.41, 5.74) is 1.69. The maximum Gasteiger partial charge on any atom is 0.347 e. The third-order valence-corrected chi connectivity index (χ3v) is 6.61. The van der Waals surface area contributed by atoms with Gasteiger partial charge in [0.05, 0.1) is 22.0 Å². The highest BCUT2D eigenvalue weighted by Crippen LogP contribution is 2.27. The highest BCUT2D eigenvalue weighted by atomic mass is 32.2. The molecule has 1 aliphatic heterocycles. The number of anilines is 1. The largest absolute Gasteiger partial charge is 0.403 e. The van der Waals surface area contributed by atoms with Crippen molar-refractivity contribution >= 4 is 46.1 Å². The van der Waals surface area contributed by atoms with Crippen LogP contribution in [0.2, 0.25) is 0 Å². The van der Waals surface area contributed by atoms with Crippen LogP contribution < -0.4 is 10.9 Å². The van der Waals surface area contributed by atoms with Gasteiger partial charge in [-0.2, -0.15) is 11.8 Å². The fraction of sp³-hybridized carbons (Fsp3) is 0.148. The lowest BCUT2D eigenvalue weighted by Crippen LogP contribution is -2.47. The van der Waals surface area contributed by atoms with E-state index in [0.717, 1.165) is 4.90 Å². The van der Waals surface area contributed by atoms with Crippen molar-refractivity contribution in [3.05, 3.63) is 94.3 Å². The van der Waals surface area contributed by atoms with Crippen LogP contribution in [-0.4, -0.2) is 45.7 Å². The molecule has 1 unspecified atom stereocenters. The first-order valence-corrected chi connectivity index (χ1v) is 12.6. The number of hydrogen-bond acceptors (Lipinski definition) is 7. The maximum atomic E-state index is 13.3. The van der Waals surface area contributed by atoms with Crippen LogP contribution >= 0.6 is 11.8 Å². The molecule has 36 heavy (non-hydrogen) atoms. The zero-order valence-electron chi connectivity index (χ0n) is 19.3. The topological polar surface area (TPSA) is 110 Å². The number of nitrogens with zero attached hydrogens (tertiary/aromatic N) is 2. The van der Waals surface area contributed by atoms with Crippen LogP contribution in [0.1, 0.15) is 27.1 Å². The second-order valence-electron chi connectivity index (χ2n) is 8.21. The van der Waals surface area contributed by atoms with Crippen molar-refractivity contribution in [1.29, 1.82) is 0 Å². The summed E-state index contributed by atoms with van der Waals surface area (Å²) < 4.78 is 5.36. The quantitative estimate of drug-likeness (QED) is 0.379. The molecule has 1 atom stereocenters. The number of imide groups is 1. The molecule has 9 heteroatoms. The number of para-hydroxylation sites is 1. The molecule has 3 amide bonds. The Balaban J connectivity index is 1.37. The second kappa shape index (κ2) is 9.79. The smallest absolute Gasteiger partial charge is 0.347 e. The van der Waals surface area contributed by atoms with Crippen LogP contribution in [0.25, 0.3) is 22.4 Å². The Hall–Kier alpha value is -4.24. The van der Waals surface area contributed by atoms with Crippen molar-refractivity contribution in [2.24, 2.45) is 0 Å². The number of benzene rings is 3. The van der Waals surface area contributed by atoms with Crippen LogP contribution in [0.15, 0.2) is 82.0 Å². The number of rotatable bonds is 7. The number of aromatic nitrogens is 1. The normalized spacial score (nSPS) is 13.6. The Labute approximate surface area is 210 Å². The van der Waals surface area contributed by atoms with Crippen molar-refractivity contribution in [3.8, 4) is 11.5 Å². The summed E-state index contributed by atoms with van der Waals surface area (Å²) in [5, 5.41) is 3.21. The van der Waals surface area contributed by atoms with Crippen LogP contribution in [0.3, 0.4) is 0 Å². The minimum Gasteiger partial charge on any atom is -0.403 e. The Morgan fingerprint density at radius 3 is 2.25 bits per heavy atom. The molecule has 3 aromatic carbocycles. The van der Waals surface area contributed by atoms with Gasteiger partial charge in [-0.25, -0.2) is 9.78 Å². The fourth-order valence-corrected chi connectivity index (χ4v) is 4.62. The maximum absolute atomic E-state index is 13.3. The first kappa shape index (κ1) is 23.5. The summed E-state index contributed by atoms with van der Waals surface area (Å²) in [4.78, 5) is 56.9. The first-order chi connectivity index (χ1) is 17.5. The number of carbonyl (C=O) groups is 3. The fourth-order valence-electron chi connectivity index (χ4n) is 4.16. The lowest BCUT2D eigenvalue weighted by molar-refractivity contribution is -0.120. The standard InChI is InChI=1S/C27H21N3O5S/c1-36-15-14-22(30-25(32)18-6-2-3-7-19(18)26(30)33)23(31)28-17-12-10-16(11-13-17)24-29-21-9-5-4-8-20(21)27(34)35-24/h2-13,22H,14-15H2,1H3,(H,28,31). The lowest BCUT2D eigenvalue weighted by atomic mass is 10.1. The third kappa shape index (κ3) is 4.29. The minimum absolute atomic E-state index is 0.167. The van der Waals surface area contributed by atoms with Gasteiger partial charge in [0.1, 0.15) is 6.04 Å². The highest BCUT2D eigenvalue weighted by Gasteiger charge is 2.42. The van der Waals surface area contributed by atoms with E-state index in [0.29, 0.717) is 45.5 Å². The summed E-state index contributed by atoms with van der Waals surface area (Å²) in [6.45, 7) is 0. The molecule has 2 heterocycles. The molecule has 8 nitrogen and oxygen atoms in total. The van der Waals surface area contributed by atoms with Crippen molar-refractivity contribution in [2.45, 2.75) is 12.5 Å². The summed E-state index contributed by atoms with van der Waals surface area (Å²) >= 11 is 1.53. The predicted molar refractivity (Wildman–Crippen MR) is 138 cm³/mol. The number of hydrogen-bond donors (Lipinski definition) is 1. The van der Waals surface area contributed by atoms with E-state index >= 15 is 0 Å². The van der Waals surface area contributed by atoms with Gasteiger partial charge in [-0.05, 0) is 67.0 Å². The molecular weight excluding hydrogens is 478 g/mol. The summed E-state index contributed by atoms with van der Waals surface area (Å²) in [6.07, 6.45) is 2.22. The third-order valence-electron chi connectivity index (χ3n) is 5.97. The molecule has 1 aliphatic rings. The van der Waals surface area contributed by atoms with Gasteiger partial charge < -0.3 is 9.73 Å². The van der Waals surface area contributed by atoms with Gasteiger partial charge in [-0.15, -0.1) is 0 Å². The van der Waals surface area contributed by atoms with E-state index in [2.05, 4.69) is 10.3 Å². The molecule has 4 aromatic rings. The molecule has 0 radical (unpaired) electrons. The van der Waals surface area contributed by atoms with Crippen molar-refractivity contribution in [3.63, 3.8) is 0 Å². The number of nitrogens with one attached hydrogen (secondary N) is 1. The molecule has 0 saturated heterocycles. The number of fused-ring (bicyclic) bond motifs is 2. The SMILES string of the molecule is CSCCC(C(=O)Nc1ccc(-c2nc3ccccc3c(=O)o2)cc1)N1C(=O)c2ccccc2C1=O. The molecular formula is C27H21N3O5S. The van der Waals surface area contributed by atoms with Crippen LogP contribution in [0, 0.1) is 0 Å². The summed E-state index contributed by atoms with van der Waals surface area (Å²) in [5.74, 6) is -0.631. The number of thioether (sulfide) groups is 1. The molecule has 5 rings (SSSR count). The molecule has 0 aliphatic carbocycles. The van der Waals surface area contributed by atoms with E-state index in [4.69, 9.17) is 4.42 Å². The van der Waals surface area contributed by atoms with E-state index < -0.39 is 29.4 Å². The number of amides is 3. The molecule has 180 valence electrons. The zero-order chi connectivity index (χ0) is 25.2. The van der Waals surface area contributed by atoms with E-state index in [9.17, 15) is 19.2 Å². The molecule has 0 saturated carbocycles. The highest BCUT2D eigenvalue weighted by molar-refractivity contribution is 7.98. The van der Waals surface area contributed by atoms with Gasteiger partial charge in [0.15, 0.2) is 0 Å². The lowest BCUT2D eigenvalue weighted by Gasteiger charge is -2.25. The Morgan fingerprint density at radius 2 is 1.58 bits per heavy atom. The molecule has 1 aromatic heterocycles. The van der Waals surface area contributed by atoms with Crippen LogP contribution in [0.4, 0.5) is 5.69 Å². The van der Waals surface area contributed by atoms with E-state index in [-0.39, 0.29) is 5.89 Å². The summed E-state index contributed by atoms with van der Waals surface area (Å²) in [6, 6.07) is 19.2. The van der Waals surface area contributed by atoms with Crippen molar-refractivity contribution < 1.29 is 18.8 Å². The van der Waals surface area contributed by atoms with E-state index in [1.165, 1.54) is 11.8 Å². The van der Waals surface area contributed by atoms with Gasteiger partial charge in [0.25, 0.3) is 11.8 Å². The zero-order valence-corrected chi connectivity index (χ0v) is 20.1. The van der Waals surface area contributed by atoms with E-state index in [1.807, 2.05) is 6.26 Å². The van der Waals surface area contributed by atoms with Gasteiger partial charge in [0, 0.05) is 11.3 Å². The molecule has 1 N–H and O–H groups in total. The van der Waals surface area contributed by atoms with Crippen molar-refractivity contribution in [2.75, 3.05) is 17.3 Å².